The summed E-state index contributed by atoms with van der Waals surface area (Å²) in [5, 5.41) is 8.97. The van der Waals surface area contributed by atoms with E-state index < -0.39 is 0 Å². The van der Waals surface area contributed by atoms with Gasteiger partial charge in [-0.25, -0.2) is 9.97 Å². The lowest BCUT2D eigenvalue weighted by atomic mass is 10.2. The summed E-state index contributed by atoms with van der Waals surface area (Å²) < 4.78 is 1.88. The first kappa shape index (κ1) is 9.66. The van der Waals surface area contributed by atoms with Crippen LogP contribution in [0.25, 0.3) is 11.2 Å². The fourth-order valence-electron chi connectivity index (χ4n) is 1.58. The molecule has 0 aromatic carbocycles. The minimum atomic E-state index is 0.442. The lowest BCUT2D eigenvalue weighted by Gasteiger charge is -2.07. The van der Waals surface area contributed by atoms with E-state index in [4.69, 9.17) is 5.26 Å². The van der Waals surface area contributed by atoms with Crippen molar-refractivity contribution < 1.29 is 0 Å². The number of aromatic nitrogens is 3. The highest BCUT2D eigenvalue weighted by Gasteiger charge is 2.11. The lowest BCUT2D eigenvalue weighted by molar-refractivity contribution is 0.527. The zero-order chi connectivity index (χ0) is 10.8. The first-order chi connectivity index (χ1) is 7.22. The van der Waals surface area contributed by atoms with Crippen LogP contribution >= 0.6 is 0 Å². The molecule has 0 spiro atoms. The molecule has 0 saturated carbocycles. The maximum Gasteiger partial charge on any atom is 0.215 e. The Morgan fingerprint density at radius 1 is 1.53 bits per heavy atom. The van der Waals surface area contributed by atoms with Gasteiger partial charge >= 0.3 is 0 Å². The number of rotatable bonds is 2. The van der Waals surface area contributed by atoms with Crippen LogP contribution in [0.1, 0.15) is 19.7 Å². The summed E-state index contributed by atoms with van der Waals surface area (Å²) in [6, 6.07) is 5.81. The van der Waals surface area contributed by atoms with Crippen LogP contribution in [0, 0.1) is 17.2 Å². The molecule has 0 aliphatic heterocycles. The Hall–Kier alpha value is -1.89. The zero-order valence-corrected chi connectivity index (χ0v) is 8.81. The Kier molecular flexibility index (Phi) is 2.38. The van der Waals surface area contributed by atoms with Crippen LogP contribution in [0.3, 0.4) is 0 Å². The SMILES string of the molecule is CC(C)Cn1c(C#N)nc2cccnc21. The van der Waals surface area contributed by atoms with Gasteiger partial charge in [-0.15, -0.1) is 0 Å². The van der Waals surface area contributed by atoms with Crippen molar-refractivity contribution in [2.75, 3.05) is 0 Å². The molecule has 15 heavy (non-hydrogen) atoms. The highest BCUT2D eigenvalue weighted by atomic mass is 15.1. The van der Waals surface area contributed by atoms with Crippen molar-refractivity contribution in [3.05, 3.63) is 24.2 Å². The molecule has 0 atom stereocenters. The van der Waals surface area contributed by atoms with Crippen LogP contribution in [-0.2, 0) is 6.54 Å². The monoisotopic (exact) mass is 200 g/mol. The quantitative estimate of drug-likeness (QED) is 0.744. The van der Waals surface area contributed by atoms with E-state index in [-0.39, 0.29) is 0 Å². The molecule has 2 rings (SSSR count). The molecule has 2 aromatic heterocycles. The molecule has 76 valence electrons. The van der Waals surface area contributed by atoms with Crippen LogP contribution in [-0.4, -0.2) is 14.5 Å². The van der Waals surface area contributed by atoms with E-state index in [0.29, 0.717) is 11.7 Å². The van der Waals surface area contributed by atoms with Crippen molar-refractivity contribution >= 4 is 11.2 Å². The second kappa shape index (κ2) is 3.70. The number of hydrogen-bond acceptors (Lipinski definition) is 3. The van der Waals surface area contributed by atoms with Crippen molar-refractivity contribution in [3.63, 3.8) is 0 Å². The largest absolute Gasteiger partial charge is 0.300 e. The smallest absolute Gasteiger partial charge is 0.215 e. The summed E-state index contributed by atoms with van der Waals surface area (Å²) in [7, 11) is 0. The highest BCUT2D eigenvalue weighted by Crippen LogP contribution is 2.14. The molecular weight excluding hydrogens is 188 g/mol. The Morgan fingerprint density at radius 3 is 3.00 bits per heavy atom. The van der Waals surface area contributed by atoms with Crippen LogP contribution < -0.4 is 0 Å². The normalized spacial score (nSPS) is 10.8. The Labute approximate surface area is 88.2 Å². The van der Waals surface area contributed by atoms with Gasteiger partial charge in [-0.2, -0.15) is 5.26 Å². The maximum absolute atomic E-state index is 8.97. The summed E-state index contributed by atoms with van der Waals surface area (Å²) in [5.41, 5.74) is 1.58. The number of pyridine rings is 1. The average Bonchev–Trinajstić information content (AvgIpc) is 2.56. The minimum absolute atomic E-state index is 0.442. The van der Waals surface area contributed by atoms with Crippen molar-refractivity contribution in [2.45, 2.75) is 20.4 Å². The van der Waals surface area contributed by atoms with Gasteiger partial charge < -0.3 is 0 Å². The third-order valence-corrected chi connectivity index (χ3v) is 2.15. The van der Waals surface area contributed by atoms with Crippen molar-refractivity contribution in [1.82, 2.24) is 14.5 Å². The van der Waals surface area contributed by atoms with E-state index in [0.717, 1.165) is 17.7 Å². The van der Waals surface area contributed by atoms with Gasteiger partial charge in [-0.3, -0.25) is 4.57 Å². The molecule has 0 radical (unpaired) electrons. The molecule has 0 fully saturated rings. The first-order valence-electron chi connectivity index (χ1n) is 4.93. The standard InChI is InChI=1S/C11H12N4/c1-8(2)7-15-10(6-12)14-9-4-3-5-13-11(9)15/h3-5,8H,7H2,1-2H3. The molecule has 0 amide bonds. The fraction of sp³-hybridized carbons (Fsp3) is 0.364. The Balaban J connectivity index is 2.63. The van der Waals surface area contributed by atoms with Crippen molar-refractivity contribution in [3.8, 4) is 6.07 Å². The molecule has 0 N–H and O–H groups in total. The van der Waals surface area contributed by atoms with Crippen LogP contribution in [0.2, 0.25) is 0 Å². The predicted octanol–water partition coefficient (Wildman–Crippen LogP) is 1.96. The van der Waals surface area contributed by atoms with Crippen molar-refractivity contribution in [2.24, 2.45) is 5.92 Å². The summed E-state index contributed by atoms with van der Waals surface area (Å²) in [5.74, 6) is 0.911. The molecule has 0 bridgehead atoms. The van der Waals surface area contributed by atoms with Gasteiger partial charge in [0.2, 0.25) is 5.82 Å². The topological polar surface area (TPSA) is 54.5 Å². The van der Waals surface area contributed by atoms with E-state index in [1.54, 1.807) is 6.20 Å². The first-order valence-corrected chi connectivity index (χ1v) is 4.93. The van der Waals surface area contributed by atoms with Gasteiger partial charge in [0, 0.05) is 12.7 Å². The van der Waals surface area contributed by atoms with Crippen LogP contribution in [0.5, 0.6) is 0 Å². The minimum Gasteiger partial charge on any atom is -0.300 e. The summed E-state index contributed by atoms with van der Waals surface area (Å²) in [6.07, 6.45) is 1.72. The molecule has 0 aliphatic rings. The van der Waals surface area contributed by atoms with E-state index in [2.05, 4.69) is 29.9 Å². The molecular formula is C11H12N4. The third-order valence-electron chi connectivity index (χ3n) is 2.15. The van der Waals surface area contributed by atoms with Gasteiger partial charge in [-0.05, 0) is 18.1 Å². The number of fused-ring (bicyclic) bond motifs is 1. The van der Waals surface area contributed by atoms with E-state index >= 15 is 0 Å². The lowest BCUT2D eigenvalue weighted by Crippen LogP contribution is -2.07. The van der Waals surface area contributed by atoms with E-state index in [1.807, 2.05) is 16.7 Å². The summed E-state index contributed by atoms with van der Waals surface area (Å²) in [6.45, 7) is 4.99. The summed E-state index contributed by atoms with van der Waals surface area (Å²) in [4.78, 5) is 8.48. The molecule has 4 nitrogen and oxygen atoms in total. The second-order valence-electron chi connectivity index (χ2n) is 3.90. The number of nitriles is 1. The Bertz CT molecular complexity index is 519. The van der Waals surface area contributed by atoms with Gasteiger partial charge in [-0.1, -0.05) is 13.8 Å². The fourth-order valence-corrected chi connectivity index (χ4v) is 1.58. The van der Waals surface area contributed by atoms with Crippen LogP contribution in [0.15, 0.2) is 18.3 Å². The summed E-state index contributed by atoms with van der Waals surface area (Å²) >= 11 is 0. The molecule has 2 aromatic rings. The van der Waals surface area contributed by atoms with Gasteiger partial charge in [0.05, 0.1) is 0 Å². The molecule has 0 unspecified atom stereocenters. The highest BCUT2D eigenvalue weighted by molar-refractivity contribution is 5.71. The third kappa shape index (κ3) is 1.68. The van der Waals surface area contributed by atoms with Crippen LogP contribution in [0.4, 0.5) is 0 Å². The number of nitrogens with zero attached hydrogens (tertiary/aromatic N) is 4. The number of hydrogen-bond donors (Lipinski definition) is 0. The zero-order valence-electron chi connectivity index (χ0n) is 8.81. The van der Waals surface area contributed by atoms with E-state index in [1.165, 1.54) is 0 Å². The van der Waals surface area contributed by atoms with Gasteiger partial charge in [0.1, 0.15) is 11.6 Å². The predicted molar refractivity (Wildman–Crippen MR) is 57.1 cm³/mol. The van der Waals surface area contributed by atoms with E-state index in [9.17, 15) is 0 Å². The van der Waals surface area contributed by atoms with Crippen molar-refractivity contribution in [1.29, 1.82) is 5.26 Å². The molecule has 0 saturated heterocycles. The molecule has 0 aliphatic carbocycles. The Morgan fingerprint density at radius 2 is 2.33 bits per heavy atom. The number of imidazole rings is 1. The van der Waals surface area contributed by atoms with Gasteiger partial charge in [0.15, 0.2) is 5.65 Å². The second-order valence-corrected chi connectivity index (χ2v) is 3.90. The molecule has 4 heteroatoms. The molecule has 2 heterocycles. The maximum atomic E-state index is 8.97. The van der Waals surface area contributed by atoms with Gasteiger partial charge in [0.25, 0.3) is 0 Å². The average molecular weight is 200 g/mol.